The molecule has 0 amide bonds. The van der Waals surface area contributed by atoms with Crippen molar-refractivity contribution in [1.29, 1.82) is 5.26 Å². The summed E-state index contributed by atoms with van der Waals surface area (Å²) < 4.78 is 26.2. The zero-order valence-electron chi connectivity index (χ0n) is 17.8. The fourth-order valence-electron chi connectivity index (χ4n) is 3.29. The van der Waals surface area contributed by atoms with Gasteiger partial charge in [-0.1, -0.05) is 29.3 Å². The molecule has 0 saturated heterocycles. The predicted octanol–water partition coefficient (Wildman–Crippen LogP) is 7.66. The number of benzene rings is 3. The zero-order chi connectivity index (χ0) is 24.2. The molecular formula is C25H17Cl2FIN3O2. The molecule has 1 N–H and O–H groups in total. The van der Waals surface area contributed by atoms with E-state index in [1.54, 1.807) is 30.3 Å². The van der Waals surface area contributed by atoms with E-state index in [-0.39, 0.29) is 12.4 Å². The van der Waals surface area contributed by atoms with Gasteiger partial charge in [0.15, 0.2) is 11.5 Å². The van der Waals surface area contributed by atoms with E-state index < -0.39 is 0 Å². The highest BCUT2D eigenvalue weighted by atomic mass is 127. The first-order valence-electron chi connectivity index (χ1n) is 10.2. The van der Waals surface area contributed by atoms with Crippen molar-refractivity contribution in [3.05, 3.63) is 84.9 Å². The Labute approximate surface area is 219 Å². The predicted molar refractivity (Wildman–Crippen MR) is 141 cm³/mol. The molecule has 0 saturated carbocycles. The molecule has 0 atom stereocenters. The molecule has 0 radical (unpaired) electrons. The van der Waals surface area contributed by atoms with Crippen molar-refractivity contribution < 1.29 is 13.9 Å². The Hall–Kier alpha value is -2.80. The van der Waals surface area contributed by atoms with Crippen molar-refractivity contribution in [1.82, 2.24) is 9.97 Å². The number of nitrogens with one attached hydrogen (secondary N) is 1. The smallest absolute Gasteiger partial charge is 0.175 e. The number of nitrogens with zero attached hydrogens (tertiary/aromatic N) is 2. The number of nitriles is 1. The van der Waals surface area contributed by atoms with Crippen LogP contribution in [0.5, 0.6) is 11.5 Å². The lowest BCUT2D eigenvalue weighted by atomic mass is 10.1. The second kappa shape index (κ2) is 10.6. The van der Waals surface area contributed by atoms with Crippen LogP contribution in [0.25, 0.3) is 22.7 Å². The quantitative estimate of drug-likeness (QED) is 0.173. The minimum atomic E-state index is -0.377. The lowest BCUT2D eigenvalue weighted by molar-refractivity contribution is 0.267. The van der Waals surface area contributed by atoms with E-state index in [1.165, 1.54) is 12.1 Å². The van der Waals surface area contributed by atoms with Gasteiger partial charge in [0.05, 0.1) is 36.8 Å². The van der Waals surface area contributed by atoms with Crippen LogP contribution in [0, 0.1) is 20.7 Å². The van der Waals surface area contributed by atoms with Crippen molar-refractivity contribution in [3.63, 3.8) is 0 Å². The third kappa shape index (κ3) is 5.46. The Morgan fingerprint density at radius 2 is 1.97 bits per heavy atom. The number of imidazole rings is 1. The molecule has 4 rings (SSSR count). The molecule has 0 unspecified atom stereocenters. The fourth-order valence-corrected chi connectivity index (χ4v) is 4.39. The molecule has 4 aromatic rings. The van der Waals surface area contributed by atoms with Crippen molar-refractivity contribution in [2.24, 2.45) is 0 Å². The second-order valence-corrected chi connectivity index (χ2v) is 9.19. The number of aromatic nitrogens is 2. The molecule has 9 heteroatoms. The van der Waals surface area contributed by atoms with E-state index in [0.29, 0.717) is 50.6 Å². The lowest BCUT2D eigenvalue weighted by Crippen LogP contribution is -2.02. The molecule has 0 fully saturated rings. The molecule has 1 heterocycles. The largest absolute Gasteiger partial charge is 0.490 e. The van der Waals surface area contributed by atoms with Crippen molar-refractivity contribution in [2.75, 3.05) is 6.61 Å². The molecule has 5 nitrogen and oxygen atoms in total. The summed E-state index contributed by atoms with van der Waals surface area (Å²) in [6, 6.07) is 15.4. The highest BCUT2D eigenvalue weighted by Gasteiger charge is 2.14. The summed E-state index contributed by atoms with van der Waals surface area (Å²) in [7, 11) is 0. The Bertz CT molecular complexity index is 1450. The molecule has 0 bridgehead atoms. The maximum atomic E-state index is 13.5. The van der Waals surface area contributed by atoms with E-state index >= 15 is 0 Å². The van der Waals surface area contributed by atoms with Gasteiger partial charge in [-0.3, -0.25) is 0 Å². The zero-order valence-corrected chi connectivity index (χ0v) is 21.5. The van der Waals surface area contributed by atoms with E-state index in [1.807, 2.05) is 19.1 Å². The number of allylic oxidation sites excluding steroid dienone is 1. The van der Waals surface area contributed by atoms with E-state index in [4.69, 9.17) is 32.7 Å². The van der Waals surface area contributed by atoms with Crippen molar-refractivity contribution in [2.45, 2.75) is 13.5 Å². The lowest BCUT2D eigenvalue weighted by Gasteiger charge is -2.15. The average molecular weight is 608 g/mol. The summed E-state index contributed by atoms with van der Waals surface area (Å²) in [6.45, 7) is 2.60. The molecule has 0 aliphatic heterocycles. The fraction of sp³-hybridized carbons (Fsp3) is 0.120. The van der Waals surface area contributed by atoms with Crippen LogP contribution < -0.4 is 9.47 Å². The summed E-state index contributed by atoms with van der Waals surface area (Å²) >= 11 is 14.3. The van der Waals surface area contributed by atoms with Gasteiger partial charge in [0.1, 0.15) is 24.3 Å². The maximum Gasteiger partial charge on any atom is 0.175 e. The molecule has 3 aromatic carbocycles. The summed E-state index contributed by atoms with van der Waals surface area (Å²) in [4.78, 5) is 7.41. The Balaban J connectivity index is 1.65. The number of ether oxygens (including phenoxy) is 2. The van der Waals surface area contributed by atoms with E-state index in [9.17, 15) is 9.65 Å². The van der Waals surface area contributed by atoms with Gasteiger partial charge in [-0.15, -0.1) is 0 Å². The van der Waals surface area contributed by atoms with Gasteiger partial charge in [0.25, 0.3) is 0 Å². The number of halogens is 4. The number of aromatic amines is 1. The first kappa shape index (κ1) is 24.3. The number of fused-ring (bicyclic) bond motifs is 1. The van der Waals surface area contributed by atoms with Crippen molar-refractivity contribution >= 4 is 68.5 Å². The van der Waals surface area contributed by atoms with Gasteiger partial charge in [0.2, 0.25) is 0 Å². The number of rotatable bonds is 7. The number of H-pyrrole nitrogens is 1. The molecule has 172 valence electrons. The van der Waals surface area contributed by atoms with Crippen LogP contribution in [0.1, 0.15) is 23.9 Å². The SMILES string of the molecule is CCOc1cc(/C=C(/C#N)c2nc3ccc(F)cc3[nH]2)cc(I)c1OCc1ccc(Cl)c(Cl)c1. The second-order valence-electron chi connectivity index (χ2n) is 7.22. The summed E-state index contributed by atoms with van der Waals surface area (Å²) in [5.41, 5.74) is 3.00. The van der Waals surface area contributed by atoms with Crippen LogP contribution in [-0.4, -0.2) is 16.6 Å². The summed E-state index contributed by atoms with van der Waals surface area (Å²) in [5, 5.41) is 10.7. The molecule has 34 heavy (non-hydrogen) atoms. The molecular weight excluding hydrogens is 591 g/mol. The topological polar surface area (TPSA) is 70.9 Å². The molecule has 0 aliphatic rings. The minimum absolute atomic E-state index is 0.279. The first-order valence-corrected chi connectivity index (χ1v) is 12.0. The van der Waals surface area contributed by atoms with E-state index in [0.717, 1.165) is 14.7 Å². The number of hydrogen-bond donors (Lipinski definition) is 1. The molecule has 0 aliphatic carbocycles. The van der Waals surface area contributed by atoms with Gasteiger partial charge in [0, 0.05) is 0 Å². The Morgan fingerprint density at radius 1 is 1.15 bits per heavy atom. The van der Waals surface area contributed by atoms with Crippen LogP contribution in [0.15, 0.2) is 48.5 Å². The van der Waals surface area contributed by atoms with Crippen LogP contribution in [0.4, 0.5) is 4.39 Å². The van der Waals surface area contributed by atoms with Gasteiger partial charge >= 0.3 is 0 Å². The van der Waals surface area contributed by atoms with Gasteiger partial charge < -0.3 is 14.5 Å². The van der Waals surface area contributed by atoms with Gasteiger partial charge in [-0.05, 0) is 89.2 Å². The molecule has 1 aromatic heterocycles. The standard InChI is InChI=1S/C25H17Cl2FIN3O2/c1-2-33-23-10-15(7-16(12-30)25-31-21-6-4-17(28)11-22(21)32-25)9-20(29)24(23)34-13-14-3-5-18(26)19(27)8-14/h3-11H,2,13H2,1H3,(H,31,32)/b16-7-. The maximum absolute atomic E-state index is 13.5. The Morgan fingerprint density at radius 3 is 2.71 bits per heavy atom. The third-order valence-corrected chi connectivity index (χ3v) is 6.37. The van der Waals surface area contributed by atoms with Crippen molar-refractivity contribution in [3.8, 4) is 17.6 Å². The third-order valence-electron chi connectivity index (χ3n) is 4.83. The highest BCUT2D eigenvalue weighted by molar-refractivity contribution is 14.1. The van der Waals surface area contributed by atoms with E-state index in [2.05, 4.69) is 38.6 Å². The van der Waals surface area contributed by atoms with Crippen LogP contribution in [-0.2, 0) is 6.61 Å². The Kier molecular flexibility index (Phi) is 7.61. The number of hydrogen-bond acceptors (Lipinski definition) is 4. The van der Waals surface area contributed by atoms with Crippen LogP contribution >= 0.6 is 45.8 Å². The van der Waals surface area contributed by atoms with Crippen LogP contribution in [0.3, 0.4) is 0 Å². The highest BCUT2D eigenvalue weighted by Crippen LogP contribution is 2.36. The normalized spacial score (nSPS) is 11.5. The van der Waals surface area contributed by atoms with Gasteiger partial charge in [-0.2, -0.15) is 5.26 Å². The summed E-state index contributed by atoms with van der Waals surface area (Å²) in [5.74, 6) is 1.11. The minimum Gasteiger partial charge on any atom is -0.490 e. The first-order chi connectivity index (χ1) is 16.4. The monoisotopic (exact) mass is 607 g/mol. The van der Waals surface area contributed by atoms with Gasteiger partial charge in [-0.25, -0.2) is 9.37 Å². The average Bonchev–Trinajstić information content (AvgIpc) is 3.22. The molecule has 0 spiro atoms. The van der Waals surface area contributed by atoms with Crippen LogP contribution in [0.2, 0.25) is 10.0 Å². The summed E-state index contributed by atoms with van der Waals surface area (Å²) in [6.07, 6.45) is 1.70.